The lowest BCUT2D eigenvalue weighted by Crippen LogP contribution is -1.98. The number of pyridine rings is 1. The maximum atomic E-state index is 11.4. The lowest BCUT2D eigenvalue weighted by atomic mass is 10.1. The summed E-state index contributed by atoms with van der Waals surface area (Å²) < 4.78 is 5.13. The molecule has 3 N–H and O–H groups in total. The van der Waals surface area contributed by atoms with E-state index in [9.17, 15) is 9.90 Å². The lowest BCUT2D eigenvalue weighted by Gasteiger charge is -2.05. The Morgan fingerprint density at radius 1 is 1.17 bits per heavy atom. The average molecular weight is 338 g/mol. The molecular weight excluding hydrogens is 328 g/mol. The van der Waals surface area contributed by atoms with Crippen molar-refractivity contribution in [2.75, 3.05) is 5.73 Å². The molecule has 0 aromatic carbocycles. The van der Waals surface area contributed by atoms with Gasteiger partial charge in [0.15, 0.2) is 5.82 Å². The Kier molecular flexibility index (Phi) is 3.24. The number of thiophene rings is 1. The topological polar surface area (TPSA) is 115 Å². The molecule has 4 aromatic heterocycles. The third kappa shape index (κ3) is 2.20. The van der Waals surface area contributed by atoms with E-state index < -0.39 is 5.97 Å². The van der Waals surface area contributed by atoms with Gasteiger partial charge >= 0.3 is 5.97 Å². The van der Waals surface area contributed by atoms with Crippen molar-refractivity contribution in [2.45, 2.75) is 0 Å². The van der Waals surface area contributed by atoms with Gasteiger partial charge in [0, 0.05) is 23.5 Å². The van der Waals surface area contributed by atoms with Crippen LogP contribution < -0.4 is 5.73 Å². The van der Waals surface area contributed by atoms with Crippen molar-refractivity contribution in [3.05, 3.63) is 48.0 Å². The number of carboxylic acid groups (broad SMARTS) is 1. The fourth-order valence-electron chi connectivity index (χ4n) is 2.42. The molecule has 0 aliphatic carbocycles. The van der Waals surface area contributed by atoms with Gasteiger partial charge in [-0.05, 0) is 18.2 Å². The van der Waals surface area contributed by atoms with Gasteiger partial charge < -0.3 is 15.3 Å². The Morgan fingerprint density at radius 2 is 1.96 bits per heavy atom. The molecule has 8 heteroatoms. The summed E-state index contributed by atoms with van der Waals surface area (Å²) >= 11 is 1.03. The summed E-state index contributed by atoms with van der Waals surface area (Å²) in [5.74, 6) is -0.613. The molecule has 4 rings (SSSR count). The van der Waals surface area contributed by atoms with Crippen molar-refractivity contribution in [1.82, 2.24) is 15.0 Å². The van der Waals surface area contributed by atoms with Gasteiger partial charge in [-0.2, -0.15) is 0 Å². The lowest BCUT2D eigenvalue weighted by molar-refractivity contribution is 0.0703. The Balaban J connectivity index is 2.07. The maximum absolute atomic E-state index is 11.4. The van der Waals surface area contributed by atoms with Crippen LogP contribution in [-0.2, 0) is 0 Å². The SMILES string of the molecule is Nc1c(C(=O)O)sc2nc(-c3ccncc3)nc(-c3ccoc3)c12. The van der Waals surface area contributed by atoms with E-state index in [0.29, 0.717) is 27.3 Å². The van der Waals surface area contributed by atoms with E-state index in [1.54, 1.807) is 30.6 Å². The molecule has 0 amide bonds. The van der Waals surface area contributed by atoms with Crippen molar-refractivity contribution >= 4 is 33.2 Å². The fourth-order valence-corrected chi connectivity index (χ4v) is 3.35. The minimum absolute atomic E-state index is 0.0518. The fraction of sp³-hybridized carbons (Fsp3) is 0. The molecule has 0 spiro atoms. The Bertz CT molecular complexity index is 1040. The van der Waals surface area contributed by atoms with E-state index >= 15 is 0 Å². The normalized spacial score (nSPS) is 11.0. The molecule has 0 saturated carbocycles. The van der Waals surface area contributed by atoms with Crippen LogP contribution >= 0.6 is 11.3 Å². The highest BCUT2D eigenvalue weighted by Crippen LogP contribution is 2.39. The Morgan fingerprint density at radius 3 is 2.62 bits per heavy atom. The molecule has 4 aromatic rings. The number of carboxylic acids is 1. The summed E-state index contributed by atoms with van der Waals surface area (Å²) in [6.07, 6.45) is 6.35. The van der Waals surface area contributed by atoms with E-state index in [0.717, 1.165) is 16.9 Å². The van der Waals surface area contributed by atoms with E-state index in [2.05, 4.69) is 15.0 Å². The van der Waals surface area contributed by atoms with Gasteiger partial charge in [-0.25, -0.2) is 14.8 Å². The van der Waals surface area contributed by atoms with Gasteiger partial charge in [0.25, 0.3) is 0 Å². The number of nitrogens with two attached hydrogens (primary N) is 1. The van der Waals surface area contributed by atoms with Crippen molar-refractivity contribution < 1.29 is 14.3 Å². The van der Waals surface area contributed by atoms with Gasteiger partial charge in [-0.1, -0.05) is 0 Å². The number of aromatic nitrogens is 3. The van der Waals surface area contributed by atoms with E-state index in [1.165, 1.54) is 12.5 Å². The first-order chi connectivity index (χ1) is 11.6. The molecular formula is C16H10N4O3S. The van der Waals surface area contributed by atoms with Crippen LogP contribution in [0.25, 0.3) is 32.9 Å². The summed E-state index contributed by atoms with van der Waals surface area (Å²) in [5.41, 5.74) is 8.24. The summed E-state index contributed by atoms with van der Waals surface area (Å²) in [7, 11) is 0. The predicted octanol–water partition coefficient (Wildman–Crippen LogP) is 3.29. The predicted molar refractivity (Wildman–Crippen MR) is 89.7 cm³/mol. The number of fused-ring (bicyclic) bond motifs is 1. The number of nitrogen functional groups attached to an aromatic ring is 1. The van der Waals surface area contributed by atoms with Crippen LogP contribution in [0, 0.1) is 0 Å². The molecule has 4 heterocycles. The van der Waals surface area contributed by atoms with Crippen molar-refractivity contribution in [3.8, 4) is 22.6 Å². The van der Waals surface area contributed by atoms with Crippen LogP contribution in [0.4, 0.5) is 5.69 Å². The summed E-state index contributed by atoms with van der Waals surface area (Å²) in [6, 6.07) is 5.32. The number of hydrogen-bond donors (Lipinski definition) is 2. The van der Waals surface area contributed by atoms with Gasteiger partial charge in [0.1, 0.15) is 9.71 Å². The molecule has 0 aliphatic rings. The van der Waals surface area contributed by atoms with E-state index in [-0.39, 0.29) is 10.6 Å². The molecule has 0 fully saturated rings. The van der Waals surface area contributed by atoms with Crippen LogP contribution in [0.15, 0.2) is 47.5 Å². The van der Waals surface area contributed by atoms with E-state index in [4.69, 9.17) is 10.2 Å². The molecule has 118 valence electrons. The second kappa shape index (κ2) is 5.43. The molecule has 0 aliphatic heterocycles. The second-order valence-corrected chi connectivity index (χ2v) is 5.97. The highest BCUT2D eigenvalue weighted by molar-refractivity contribution is 7.21. The average Bonchev–Trinajstić information content (AvgIpc) is 3.23. The zero-order valence-corrected chi connectivity index (χ0v) is 12.9. The molecule has 0 atom stereocenters. The van der Waals surface area contributed by atoms with Gasteiger partial charge in [-0.15, -0.1) is 11.3 Å². The number of carbonyl (C=O) groups is 1. The number of furan rings is 1. The number of anilines is 1. The zero-order valence-electron chi connectivity index (χ0n) is 12.1. The standard InChI is InChI=1S/C16H10N4O3S/c17-11-10-12(9-3-6-23-7-9)19-14(8-1-4-18-5-2-8)20-15(10)24-13(11)16(21)22/h1-7H,17H2,(H,21,22). The molecule has 0 radical (unpaired) electrons. The molecule has 7 nitrogen and oxygen atoms in total. The van der Waals surface area contributed by atoms with E-state index in [1.807, 2.05) is 0 Å². The Labute approximate surface area is 139 Å². The highest BCUT2D eigenvalue weighted by atomic mass is 32.1. The summed E-state index contributed by atoms with van der Waals surface area (Å²) in [6.45, 7) is 0. The van der Waals surface area contributed by atoms with Crippen molar-refractivity contribution in [2.24, 2.45) is 0 Å². The maximum Gasteiger partial charge on any atom is 0.348 e. The van der Waals surface area contributed by atoms with Crippen molar-refractivity contribution in [1.29, 1.82) is 0 Å². The molecule has 0 bridgehead atoms. The first-order valence-corrected chi connectivity index (χ1v) is 7.73. The molecule has 0 unspecified atom stereocenters. The largest absolute Gasteiger partial charge is 0.477 e. The van der Waals surface area contributed by atoms with Crippen molar-refractivity contribution in [3.63, 3.8) is 0 Å². The zero-order chi connectivity index (χ0) is 16.7. The third-order valence-corrected chi connectivity index (χ3v) is 4.60. The van der Waals surface area contributed by atoms with Crippen LogP contribution in [0.2, 0.25) is 0 Å². The van der Waals surface area contributed by atoms with Gasteiger partial charge in [-0.3, -0.25) is 4.98 Å². The first-order valence-electron chi connectivity index (χ1n) is 6.91. The van der Waals surface area contributed by atoms with Crippen LogP contribution in [0.1, 0.15) is 9.67 Å². The second-order valence-electron chi connectivity index (χ2n) is 4.97. The molecule has 0 saturated heterocycles. The number of nitrogens with zero attached hydrogens (tertiary/aromatic N) is 3. The molecule has 24 heavy (non-hydrogen) atoms. The minimum Gasteiger partial charge on any atom is -0.477 e. The van der Waals surface area contributed by atoms with Gasteiger partial charge in [0.2, 0.25) is 0 Å². The Hall–Kier alpha value is -3.26. The summed E-state index contributed by atoms with van der Waals surface area (Å²) in [4.78, 5) is 25.0. The smallest absolute Gasteiger partial charge is 0.348 e. The van der Waals surface area contributed by atoms with Crippen LogP contribution in [-0.4, -0.2) is 26.0 Å². The van der Waals surface area contributed by atoms with Crippen LogP contribution in [0.3, 0.4) is 0 Å². The number of rotatable bonds is 3. The summed E-state index contributed by atoms with van der Waals surface area (Å²) in [5, 5.41) is 9.85. The van der Waals surface area contributed by atoms with Crippen LogP contribution in [0.5, 0.6) is 0 Å². The quantitative estimate of drug-likeness (QED) is 0.589. The first kappa shape index (κ1) is 14.3. The monoisotopic (exact) mass is 338 g/mol. The number of aromatic carboxylic acids is 1. The minimum atomic E-state index is -1.08. The third-order valence-electron chi connectivity index (χ3n) is 3.52. The van der Waals surface area contributed by atoms with Gasteiger partial charge in [0.05, 0.1) is 29.3 Å². The number of hydrogen-bond acceptors (Lipinski definition) is 7. The highest BCUT2D eigenvalue weighted by Gasteiger charge is 2.22.